The number of piperidine rings is 1. The van der Waals surface area contributed by atoms with E-state index in [1.807, 2.05) is 0 Å². The SMILES string of the molecule is Cl.Fc1ccc(-c2nc3occn3c2-c2ccnc(NC3CCNCC3)n2)c(F)c1. The number of nitrogens with one attached hydrogen (secondary N) is 2. The molecule has 1 saturated heterocycles. The van der Waals surface area contributed by atoms with Gasteiger partial charge < -0.3 is 15.1 Å². The van der Waals surface area contributed by atoms with Crippen molar-refractivity contribution < 1.29 is 13.2 Å². The molecule has 0 unspecified atom stereocenters. The Labute approximate surface area is 177 Å². The maximum absolute atomic E-state index is 14.5. The summed E-state index contributed by atoms with van der Waals surface area (Å²) in [6, 6.07) is 5.43. The van der Waals surface area contributed by atoms with Crippen molar-refractivity contribution in [3.63, 3.8) is 0 Å². The number of nitrogens with zero attached hydrogens (tertiary/aromatic N) is 4. The largest absolute Gasteiger partial charge is 0.432 e. The average Bonchev–Trinajstić information content (AvgIpc) is 3.30. The van der Waals surface area contributed by atoms with Gasteiger partial charge in [-0.15, -0.1) is 12.4 Å². The normalized spacial score (nSPS) is 14.6. The van der Waals surface area contributed by atoms with Crippen molar-refractivity contribution in [1.29, 1.82) is 0 Å². The number of hydrogen-bond acceptors (Lipinski definition) is 6. The molecule has 3 aromatic heterocycles. The Morgan fingerprint density at radius 2 is 1.97 bits per heavy atom. The molecule has 0 saturated carbocycles. The smallest absolute Gasteiger partial charge is 0.306 e. The van der Waals surface area contributed by atoms with Crippen LogP contribution in [-0.2, 0) is 0 Å². The van der Waals surface area contributed by atoms with Crippen molar-refractivity contribution in [2.45, 2.75) is 18.9 Å². The molecule has 4 heterocycles. The number of benzene rings is 1. The van der Waals surface area contributed by atoms with E-state index in [2.05, 4.69) is 25.6 Å². The van der Waals surface area contributed by atoms with E-state index in [1.54, 1.807) is 22.9 Å². The van der Waals surface area contributed by atoms with Crippen LogP contribution in [0.3, 0.4) is 0 Å². The second-order valence-electron chi connectivity index (χ2n) is 6.92. The molecule has 30 heavy (non-hydrogen) atoms. The highest BCUT2D eigenvalue weighted by atomic mass is 35.5. The van der Waals surface area contributed by atoms with Crippen LogP contribution in [0.15, 0.2) is 47.3 Å². The molecule has 2 N–H and O–H groups in total. The molecule has 0 bridgehead atoms. The Morgan fingerprint density at radius 1 is 1.13 bits per heavy atom. The number of hydrogen-bond donors (Lipinski definition) is 2. The molecule has 4 aromatic rings. The van der Waals surface area contributed by atoms with Gasteiger partial charge >= 0.3 is 5.84 Å². The summed E-state index contributed by atoms with van der Waals surface area (Å²) in [6.07, 6.45) is 6.79. The van der Waals surface area contributed by atoms with E-state index in [0.717, 1.165) is 32.0 Å². The van der Waals surface area contributed by atoms with E-state index in [-0.39, 0.29) is 18.0 Å². The molecule has 0 radical (unpaired) electrons. The molecule has 1 fully saturated rings. The van der Waals surface area contributed by atoms with Gasteiger partial charge in [-0.2, -0.15) is 4.98 Å². The van der Waals surface area contributed by atoms with Crippen LogP contribution in [-0.4, -0.2) is 38.5 Å². The lowest BCUT2D eigenvalue weighted by molar-refractivity contribution is 0.477. The molecule has 0 atom stereocenters. The van der Waals surface area contributed by atoms with Gasteiger partial charge in [0.15, 0.2) is 0 Å². The maximum Gasteiger partial charge on any atom is 0.306 e. The fourth-order valence-electron chi connectivity index (χ4n) is 3.61. The third-order valence-corrected chi connectivity index (χ3v) is 5.02. The third-order valence-electron chi connectivity index (χ3n) is 5.02. The lowest BCUT2D eigenvalue weighted by Gasteiger charge is -2.23. The molecule has 10 heteroatoms. The number of imidazole rings is 1. The van der Waals surface area contributed by atoms with Gasteiger partial charge in [0, 0.05) is 30.1 Å². The number of anilines is 1. The molecule has 1 aliphatic heterocycles. The Balaban J connectivity index is 0.00000218. The van der Waals surface area contributed by atoms with Crippen LogP contribution in [0.2, 0.25) is 0 Å². The predicted molar refractivity (Wildman–Crippen MR) is 111 cm³/mol. The molecular weight excluding hydrogens is 414 g/mol. The average molecular weight is 433 g/mol. The van der Waals surface area contributed by atoms with E-state index in [0.29, 0.717) is 34.9 Å². The minimum absolute atomic E-state index is 0. The van der Waals surface area contributed by atoms with E-state index in [4.69, 9.17) is 4.42 Å². The molecule has 0 amide bonds. The first-order chi connectivity index (χ1) is 14.2. The number of halogens is 3. The lowest BCUT2D eigenvalue weighted by Crippen LogP contribution is -2.35. The monoisotopic (exact) mass is 432 g/mol. The van der Waals surface area contributed by atoms with Gasteiger partial charge in [-0.05, 0) is 44.1 Å². The van der Waals surface area contributed by atoms with E-state index >= 15 is 0 Å². The summed E-state index contributed by atoms with van der Waals surface area (Å²) in [5.41, 5.74) is 1.61. The van der Waals surface area contributed by atoms with Crippen LogP contribution in [0.5, 0.6) is 0 Å². The van der Waals surface area contributed by atoms with Crippen molar-refractivity contribution in [3.05, 3.63) is 54.6 Å². The Morgan fingerprint density at radius 3 is 2.77 bits per heavy atom. The number of fused-ring (bicyclic) bond motifs is 1. The van der Waals surface area contributed by atoms with Crippen molar-refractivity contribution in [2.24, 2.45) is 0 Å². The number of oxazole rings is 1. The van der Waals surface area contributed by atoms with Crippen molar-refractivity contribution >= 4 is 24.2 Å². The van der Waals surface area contributed by atoms with Gasteiger partial charge in [-0.3, -0.25) is 4.40 Å². The minimum Gasteiger partial charge on any atom is -0.432 e. The van der Waals surface area contributed by atoms with E-state index in [9.17, 15) is 8.78 Å². The van der Waals surface area contributed by atoms with Crippen molar-refractivity contribution in [1.82, 2.24) is 24.7 Å². The summed E-state index contributed by atoms with van der Waals surface area (Å²) in [5, 5.41) is 6.69. The van der Waals surface area contributed by atoms with Crippen molar-refractivity contribution in [3.8, 4) is 22.6 Å². The highest BCUT2D eigenvalue weighted by molar-refractivity contribution is 5.85. The van der Waals surface area contributed by atoms with Crippen LogP contribution < -0.4 is 10.6 Å². The molecular formula is C20H19ClF2N6O. The maximum atomic E-state index is 14.5. The van der Waals surface area contributed by atoms with Crippen LogP contribution in [0, 0.1) is 11.6 Å². The fraction of sp³-hybridized carbons (Fsp3) is 0.250. The summed E-state index contributed by atoms with van der Waals surface area (Å²) in [7, 11) is 0. The van der Waals surface area contributed by atoms with Crippen molar-refractivity contribution in [2.75, 3.05) is 18.4 Å². The third kappa shape index (κ3) is 3.73. The van der Waals surface area contributed by atoms with Crippen LogP contribution in [0.4, 0.5) is 14.7 Å². The van der Waals surface area contributed by atoms with E-state index < -0.39 is 11.6 Å². The molecule has 0 spiro atoms. The summed E-state index contributed by atoms with van der Waals surface area (Å²) >= 11 is 0. The summed E-state index contributed by atoms with van der Waals surface area (Å²) in [6.45, 7) is 1.90. The zero-order valence-electron chi connectivity index (χ0n) is 15.8. The van der Waals surface area contributed by atoms with Gasteiger partial charge in [-0.1, -0.05) is 0 Å². The molecule has 1 aliphatic rings. The van der Waals surface area contributed by atoms with Gasteiger partial charge in [0.25, 0.3) is 0 Å². The Bertz CT molecular complexity index is 1170. The number of rotatable bonds is 4. The summed E-state index contributed by atoms with van der Waals surface area (Å²) in [5.74, 6) is -0.552. The zero-order chi connectivity index (χ0) is 19.8. The van der Waals surface area contributed by atoms with Gasteiger partial charge in [-0.25, -0.2) is 18.7 Å². The lowest BCUT2D eigenvalue weighted by atomic mass is 10.1. The standard InChI is InChI=1S/C20H18F2N6O.ClH/c21-12-1-2-14(15(22)11-12)17-18(28-9-10-29-20(28)27-17)16-5-8-24-19(26-16)25-13-3-6-23-7-4-13;/h1-2,5,8-11,13,23H,3-4,6-7H2,(H,24,25,26);1H. The molecule has 5 rings (SSSR count). The van der Waals surface area contributed by atoms with Crippen LogP contribution in [0.25, 0.3) is 28.5 Å². The van der Waals surface area contributed by atoms with Gasteiger partial charge in [0.05, 0.1) is 5.69 Å². The summed E-state index contributed by atoms with van der Waals surface area (Å²) in [4.78, 5) is 13.4. The molecule has 1 aromatic carbocycles. The zero-order valence-corrected chi connectivity index (χ0v) is 16.6. The van der Waals surface area contributed by atoms with Crippen LogP contribution in [0.1, 0.15) is 12.8 Å². The molecule has 156 valence electrons. The first-order valence-corrected chi connectivity index (χ1v) is 9.41. The molecule has 0 aliphatic carbocycles. The van der Waals surface area contributed by atoms with Gasteiger partial charge in [0.1, 0.15) is 29.3 Å². The highest BCUT2D eigenvalue weighted by Crippen LogP contribution is 2.34. The Hall–Kier alpha value is -3.04. The number of aromatic nitrogens is 4. The summed E-state index contributed by atoms with van der Waals surface area (Å²) < 4.78 is 34.9. The predicted octanol–water partition coefficient (Wildman–Crippen LogP) is 3.92. The van der Waals surface area contributed by atoms with E-state index in [1.165, 1.54) is 18.4 Å². The topological polar surface area (TPSA) is 80.3 Å². The molecule has 7 nitrogen and oxygen atoms in total. The Kier molecular flexibility index (Phi) is 5.65. The second-order valence-corrected chi connectivity index (χ2v) is 6.92. The quantitative estimate of drug-likeness (QED) is 0.509. The van der Waals surface area contributed by atoms with Crippen LogP contribution >= 0.6 is 12.4 Å². The fourth-order valence-corrected chi connectivity index (χ4v) is 3.61. The highest BCUT2D eigenvalue weighted by Gasteiger charge is 2.22. The second kappa shape index (κ2) is 8.37. The minimum atomic E-state index is -0.700. The van der Waals surface area contributed by atoms with Gasteiger partial charge in [0.2, 0.25) is 5.95 Å². The first-order valence-electron chi connectivity index (χ1n) is 9.41. The first kappa shape index (κ1) is 20.2.